The summed E-state index contributed by atoms with van der Waals surface area (Å²) in [5, 5.41) is 5.72. The first kappa shape index (κ1) is 13.5. The monoisotopic (exact) mass is 319 g/mol. The standard InChI is InChI=1S/C14H14BrN3O/c1-9-6-7-10(8-11(9)15)17-14(19)12-4-3-5-13(16-2)18-12/h3-8H,1-2H3,(H,16,18)(H,17,19). The van der Waals surface area contributed by atoms with Crippen molar-refractivity contribution in [1.29, 1.82) is 0 Å². The van der Waals surface area contributed by atoms with E-state index in [9.17, 15) is 4.79 Å². The van der Waals surface area contributed by atoms with E-state index in [0.717, 1.165) is 15.7 Å². The topological polar surface area (TPSA) is 54.0 Å². The number of benzene rings is 1. The summed E-state index contributed by atoms with van der Waals surface area (Å²) < 4.78 is 0.960. The van der Waals surface area contributed by atoms with Crippen molar-refractivity contribution < 1.29 is 4.79 Å². The van der Waals surface area contributed by atoms with Gasteiger partial charge in [0.25, 0.3) is 5.91 Å². The fourth-order valence-electron chi connectivity index (χ4n) is 1.57. The molecule has 1 aromatic heterocycles. The first-order valence-electron chi connectivity index (χ1n) is 5.82. The van der Waals surface area contributed by atoms with Crippen molar-refractivity contribution in [2.24, 2.45) is 0 Å². The van der Waals surface area contributed by atoms with Gasteiger partial charge in [-0.2, -0.15) is 0 Å². The molecule has 0 spiro atoms. The molecule has 2 N–H and O–H groups in total. The molecule has 0 fully saturated rings. The van der Waals surface area contributed by atoms with E-state index in [-0.39, 0.29) is 5.91 Å². The Bertz CT molecular complexity index is 613. The molecule has 19 heavy (non-hydrogen) atoms. The number of nitrogens with one attached hydrogen (secondary N) is 2. The summed E-state index contributed by atoms with van der Waals surface area (Å²) in [6.07, 6.45) is 0. The minimum Gasteiger partial charge on any atom is -0.373 e. The maximum absolute atomic E-state index is 12.1. The van der Waals surface area contributed by atoms with Crippen LogP contribution in [0.3, 0.4) is 0 Å². The molecular formula is C14H14BrN3O. The number of hydrogen-bond donors (Lipinski definition) is 2. The van der Waals surface area contributed by atoms with Crippen LogP contribution in [0.1, 0.15) is 16.1 Å². The Hall–Kier alpha value is -1.88. The second-order valence-electron chi connectivity index (χ2n) is 4.08. The van der Waals surface area contributed by atoms with Crippen molar-refractivity contribution in [3.63, 3.8) is 0 Å². The molecule has 98 valence electrons. The summed E-state index contributed by atoms with van der Waals surface area (Å²) in [4.78, 5) is 16.3. The van der Waals surface area contributed by atoms with E-state index in [2.05, 4.69) is 31.5 Å². The largest absolute Gasteiger partial charge is 0.373 e. The molecule has 4 nitrogen and oxygen atoms in total. The number of hydrogen-bond acceptors (Lipinski definition) is 3. The number of rotatable bonds is 3. The van der Waals surface area contributed by atoms with E-state index in [4.69, 9.17) is 0 Å². The van der Waals surface area contributed by atoms with Crippen LogP contribution in [0.25, 0.3) is 0 Å². The molecule has 0 bridgehead atoms. The second-order valence-corrected chi connectivity index (χ2v) is 4.93. The summed E-state index contributed by atoms with van der Waals surface area (Å²) in [7, 11) is 1.76. The number of carbonyl (C=O) groups excluding carboxylic acids is 1. The summed E-state index contributed by atoms with van der Waals surface area (Å²) in [5.41, 5.74) is 2.23. The lowest BCUT2D eigenvalue weighted by molar-refractivity contribution is 0.102. The number of anilines is 2. The Balaban J connectivity index is 2.18. The Morgan fingerprint density at radius 1 is 1.26 bits per heavy atom. The number of nitrogens with zero attached hydrogens (tertiary/aromatic N) is 1. The fraction of sp³-hybridized carbons (Fsp3) is 0.143. The third kappa shape index (κ3) is 3.32. The predicted molar refractivity (Wildman–Crippen MR) is 80.6 cm³/mol. The molecule has 0 atom stereocenters. The Labute approximate surface area is 120 Å². The van der Waals surface area contributed by atoms with Gasteiger partial charge in [-0.1, -0.05) is 28.1 Å². The first-order valence-corrected chi connectivity index (χ1v) is 6.62. The van der Waals surface area contributed by atoms with Crippen LogP contribution in [-0.2, 0) is 0 Å². The van der Waals surface area contributed by atoms with Gasteiger partial charge in [0.15, 0.2) is 0 Å². The normalized spacial score (nSPS) is 10.1. The molecule has 2 aromatic rings. The SMILES string of the molecule is CNc1cccc(C(=O)Nc2ccc(C)c(Br)c2)n1. The van der Waals surface area contributed by atoms with E-state index < -0.39 is 0 Å². The van der Waals surface area contributed by atoms with Gasteiger partial charge in [0, 0.05) is 17.2 Å². The first-order chi connectivity index (χ1) is 9.10. The Morgan fingerprint density at radius 3 is 2.74 bits per heavy atom. The number of amides is 1. The lowest BCUT2D eigenvalue weighted by Gasteiger charge is -2.07. The molecule has 0 radical (unpaired) electrons. The molecule has 2 rings (SSSR count). The third-order valence-corrected chi connectivity index (χ3v) is 3.52. The van der Waals surface area contributed by atoms with Crippen molar-refractivity contribution in [3.8, 4) is 0 Å². The molecule has 0 saturated carbocycles. The number of halogens is 1. The highest BCUT2D eigenvalue weighted by atomic mass is 79.9. The Kier molecular flexibility index (Phi) is 4.16. The smallest absolute Gasteiger partial charge is 0.274 e. The molecule has 1 aromatic carbocycles. The van der Waals surface area contributed by atoms with E-state index in [1.807, 2.05) is 25.1 Å². The molecule has 0 aliphatic rings. The molecule has 0 saturated heterocycles. The van der Waals surface area contributed by atoms with Crippen molar-refractivity contribution in [1.82, 2.24) is 4.98 Å². The average molecular weight is 320 g/mol. The molecule has 0 unspecified atom stereocenters. The maximum Gasteiger partial charge on any atom is 0.274 e. The van der Waals surface area contributed by atoms with Gasteiger partial charge in [-0.15, -0.1) is 0 Å². The molecule has 5 heteroatoms. The second kappa shape index (κ2) is 5.84. The molecule has 0 aliphatic carbocycles. The van der Waals surface area contributed by atoms with Gasteiger partial charge in [-0.3, -0.25) is 4.79 Å². The summed E-state index contributed by atoms with van der Waals surface area (Å²) >= 11 is 3.44. The van der Waals surface area contributed by atoms with Gasteiger partial charge in [-0.05, 0) is 36.8 Å². The minimum atomic E-state index is -0.229. The van der Waals surface area contributed by atoms with Crippen LogP contribution in [0.15, 0.2) is 40.9 Å². The van der Waals surface area contributed by atoms with Crippen LogP contribution in [-0.4, -0.2) is 17.9 Å². The van der Waals surface area contributed by atoms with Crippen LogP contribution < -0.4 is 10.6 Å². The highest BCUT2D eigenvalue weighted by Crippen LogP contribution is 2.21. The highest BCUT2D eigenvalue weighted by Gasteiger charge is 2.08. The molecule has 0 aliphatic heterocycles. The summed E-state index contributed by atoms with van der Waals surface area (Å²) in [6.45, 7) is 1.99. The third-order valence-electron chi connectivity index (χ3n) is 2.67. The van der Waals surface area contributed by atoms with Crippen molar-refractivity contribution in [2.45, 2.75) is 6.92 Å². The quantitative estimate of drug-likeness (QED) is 0.911. The minimum absolute atomic E-state index is 0.229. The lowest BCUT2D eigenvalue weighted by Crippen LogP contribution is -2.14. The maximum atomic E-state index is 12.1. The summed E-state index contributed by atoms with van der Waals surface area (Å²) in [6, 6.07) is 10.9. The number of aryl methyl sites for hydroxylation is 1. The van der Waals surface area contributed by atoms with Gasteiger partial charge < -0.3 is 10.6 Å². The van der Waals surface area contributed by atoms with Crippen molar-refractivity contribution in [2.75, 3.05) is 17.7 Å². The Morgan fingerprint density at radius 2 is 2.05 bits per heavy atom. The van der Waals surface area contributed by atoms with Gasteiger partial charge in [0.2, 0.25) is 0 Å². The van der Waals surface area contributed by atoms with Crippen LogP contribution >= 0.6 is 15.9 Å². The van der Waals surface area contributed by atoms with Crippen molar-refractivity contribution >= 4 is 33.3 Å². The zero-order valence-electron chi connectivity index (χ0n) is 10.7. The van der Waals surface area contributed by atoms with Crippen LogP contribution in [0.2, 0.25) is 0 Å². The van der Waals surface area contributed by atoms with Gasteiger partial charge >= 0.3 is 0 Å². The summed E-state index contributed by atoms with van der Waals surface area (Å²) in [5.74, 6) is 0.436. The van der Waals surface area contributed by atoms with E-state index in [1.165, 1.54) is 0 Å². The number of pyridine rings is 1. The molecular weight excluding hydrogens is 306 g/mol. The predicted octanol–water partition coefficient (Wildman–Crippen LogP) is 3.45. The van der Waals surface area contributed by atoms with Crippen LogP contribution in [0, 0.1) is 6.92 Å². The van der Waals surface area contributed by atoms with Gasteiger partial charge in [-0.25, -0.2) is 4.98 Å². The van der Waals surface area contributed by atoms with Gasteiger partial charge in [0.05, 0.1) is 0 Å². The average Bonchev–Trinajstić information content (AvgIpc) is 2.43. The lowest BCUT2D eigenvalue weighted by atomic mass is 10.2. The van der Waals surface area contributed by atoms with E-state index in [0.29, 0.717) is 11.5 Å². The van der Waals surface area contributed by atoms with E-state index >= 15 is 0 Å². The fourth-order valence-corrected chi connectivity index (χ4v) is 1.94. The number of aromatic nitrogens is 1. The van der Waals surface area contributed by atoms with Crippen molar-refractivity contribution in [3.05, 3.63) is 52.1 Å². The van der Waals surface area contributed by atoms with Gasteiger partial charge in [0.1, 0.15) is 11.5 Å². The highest BCUT2D eigenvalue weighted by molar-refractivity contribution is 9.10. The van der Waals surface area contributed by atoms with Crippen LogP contribution in [0.5, 0.6) is 0 Å². The number of carbonyl (C=O) groups is 1. The molecule has 1 heterocycles. The van der Waals surface area contributed by atoms with E-state index in [1.54, 1.807) is 25.2 Å². The zero-order valence-corrected chi connectivity index (χ0v) is 12.3. The zero-order chi connectivity index (χ0) is 13.8. The van der Waals surface area contributed by atoms with Crippen LogP contribution in [0.4, 0.5) is 11.5 Å². The molecule has 1 amide bonds.